The van der Waals surface area contributed by atoms with Crippen molar-refractivity contribution in [2.45, 2.75) is 12.5 Å². The highest BCUT2D eigenvalue weighted by Crippen LogP contribution is 2.32. The van der Waals surface area contributed by atoms with Gasteiger partial charge in [-0.25, -0.2) is 9.78 Å². The normalized spacial score (nSPS) is 11.8. The summed E-state index contributed by atoms with van der Waals surface area (Å²) in [5, 5.41) is 17.9. The fraction of sp³-hybridized carbons (Fsp3) is 0.133. The molecule has 2 aromatic heterocycles. The van der Waals surface area contributed by atoms with Crippen molar-refractivity contribution in [1.82, 2.24) is 35.1 Å². The Balaban J connectivity index is 1.43. The first-order chi connectivity index (χ1) is 20.8. The van der Waals surface area contributed by atoms with Gasteiger partial charge in [0.2, 0.25) is 5.91 Å². The SMILES string of the molecule is COC(=O)Nc1ccc(-c2nc([C@H](Cc3ccccc3)NC(=O)C=Cc3cc(Cl)ccc3-n3cnnn3)n(C)c2Cl)cc1. The summed E-state index contributed by atoms with van der Waals surface area (Å²) in [5.74, 6) is 0.224. The van der Waals surface area contributed by atoms with Crippen LogP contribution in [0.15, 0.2) is 85.2 Å². The predicted octanol–water partition coefficient (Wildman–Crippen LogP) is 5.66. The van der Waals surface area contributed by atoms with Crippen molar-refractivity contribution in [2.24, 2.45) is 7.05 Å². The number of methoxy groups -OCH3 is 1. The van der Waals surface area contributed by atoms with Crippen LogP contribution in [0.2, 0.25) is 10.2 Å². The second kappa shape index (κ2) is 13.3. The lowest BCUT2D eigenvalue weighted by Gasteiger charge is -2.18. The lowest BCUT2D eigenvalue weighted by atomic mass is 10.0. The largest absolute Gasteiger partial charge is 0.453 e. The van der Waals surface area contributed by atoms with E-state index in [0.29, 0.717) is 45.1 Å². The second-order valence-electron chi connectivity index (χ2n) is 9.40. The fourth-order valence-electron chi connectivity index (χ4n) is 4.45. The van der Waals surface area contributed by atoms with Crippen molar-refractivity contribution in [3.8, 4) is 16.9 Å². The van der Waals surface area contributed by atoms with E-state index < -0.39 is 12.1 Å². The predicted molar refractivity (Wildman–Crippen MR) is 164 cm³/mol. The topological polar surface area (TPSA) is 129 Å². The Bertz CT molecular complexity index is 1750. The number of ether oxygens (including phenoxy) is 1. The van der Waals surface area contributed by atoms with Gasteiger partial charge in [-0.05, 0) is 58.8 Å². The molecule has 3 aromatic carbocycles. The van der Waals surface area contributed by atoms with E-state index >= 15 is 0 Å². The molecular formula is C30H26Cl2N8O3. The number of benzene rings is 3. The van der Waals surface area contributed by atoms with E-state index in [1.165, 1.54) is 24.2 Å². The number of carbonyl (C=O) groups excluding carboxylic acids is 2. The van der Waals surface area contributed by atoms with Gasteiger partial charge in [0.05, 0.1) is 18.8 Å². The summed E-state index contributed by atoms with van der Waals surface area (Å²) in [4.78, 5) is 29.7. The smallest absolute Gasteiger partial charge is 0.411 e. The molecule has 1 atom stereocenters. The summed E-state index contributed by atoms with van der Waals surface area (Å²) in [7, 11) is 3.09. The maximum Gasteiger partial charge on any atom is 0.411 e. The molecule has 13 heteroatoms. The molecule has 43 heavy (non-hydrogen) atoms. The minimum atomic E-state index is -0.568. The van der Waals surface area contributed by atoms with Crippen molar-refractivity contribution < 1.29 is 14.3 Å². The maximum atomic E-state index is 13.3. The quantitative estimate of drug-likeness (QED) is 0.204. The molecule has 11 nitrogen and oxygen atoms in total. The summed E-state index contributed by atoms with van der Waals surface area (Å²) in [6.07, 6.45) is 4.44. The summed E-state index contributed by atoms with van der Waals surface area (Å²) in [6.45, 7) is 0. The van der Waals surface area contributed by atoms with Crippen LogP contribution in [0.25, 0.3) is 23.0 Å². The molecule has 5 aromatic rings. The molecule has 2 N–H and O–H groups in total. The third-order valence-electron chi connectivity index (χ3n) is 6.56. The van der Waals surface area contributed by atoms with E-state index in [4.69, 9.17) is 28.2 Å². The van der Waals surface area contributed by atoms with E-state index in [1.807, 2.05) is 30.3 Å². The fourth-order valence-corrected chi connectivity index (χ4v) is 4.87. The zero-order valence-electron chi connectivity index (χ0n) is 23.1. The van der Waals surface area contributed by atoms with Gasteiger partial charge in [0.1, 0.15) is 23.0 Å². The Morgan fingerprint density at radius 3 is 2.51 bits per heavy atom. The molecule has 0 unspecified atom stereocenters. The van der Waals surface area contributed by atoms with Gasteiger partial charge in [-0.15, -0.1) is 5.10 Å². The Hall–Kier alpha value is -5.00. The van der Waals surface area contributed by atoms with Crippen molar-refractivity contribution in [3.05, 3.63) is 112 Å². The van der Waals surface area contributed by atoms with Crippen LogP contribution in [0.3, 0.4) is 0 Å². The molecule has 0 aliphatic rings. The average molecular weight is 617 g/mol. The monoisotopic (exact) mass is 616 g/mol. The van der Waals surface area contributed by atoms with Crippen molar-refractivity contribution >= 4 is 47.0 Å². The lowest BCUT2D eigenvalue weighted by molar-refractivity contribution is -0.117. The molecule has 0 radical (unpaired) electrons. The van der Waals surface area contributed by atoms with E-state index in [2.05, 4.69) is 30.9 Å². The lowest BCUT2D eigenvalue weighted by Crippen LogP contribution is -2.30. The number of tetrazole rings is 1. The molecular weight excluding hydrogens is 591 g/mol. The van der Waals surface area contributed by atoms with Crippen LogP contribution >= 0.6 is 23.2 Å². The van der Waals surface area contributed by atoms with Crippen molar-refractivity contribution in [2.75, 3.05) is 12.4 Å². The van der Waals surface area contributed by atoms with Crippen LogP contribution in [0.5, 0.6) is 0 Å². The summed E-state index contributed by atoms with van der Waals surface area (Å²) in [5.41, 5.74) is 4.16. The van der Waals surface area contributed by atoms with Crippen LogP contribution in [0.4, 0.5) is 10.5 Å². The molecule has 0 saturated carbocycles. The molecule has 218 valence electrons. The number of carbonyl (C=O) groups is 2. The van der Waals surface area contributed by atoms with Gasteiger partial charge in [0, 0.05) is 35.0 Å². The summed E-state index contributed by atoms with van der Waals surface area (Å²) < 4.78 is 7.88. The Morgan fingerprint density at radius 1 is 1.05 bits per heavy atom. The number of imidazole rings is 1. The number of nitrogens with one attached hydrogen (secondary N) is 2. The third-order valence-corrected chi connectivity index (χ3v) is 7.23. The van der Waals surface area contributed by atoms with Crippen molar-refractivity contribution in [3.63, 3.8) is 0 Å². The minimum Gasteiger partial charge on any atom is -0.453 e. The highest BCUT2D eigenvalue weighted by molar-refractivity contribution is 6.32. The van der Waals surface area contributed by atoms with Gasteiger partial charge in [0.15, 0.2) is 0 Å². The average Bonchev–Trinajstić information content (AvgIpc) is 3.65. The second-order valence-corrected chi connectivity index (χ2v) is 10.2. The number of hydrogen-bond acceptors (Lipinski definition) is 7. The highest BCUT2D eigenvalue weighted by Gasteiger charge is 2.24. The summed E-state index contributed by atoms with van der Waals surface area (Å²) >= 11 is 13.0. The number of nitrogens with zero attached hydrogens (tertiary/aromatic N) is 6. The molecule has 0 fully saturated rings. The Labute approximate surface area is 257 Å². The number of hydrogen-bond donors (Lipinski definition) is 2. The molecule has 2 amide bonds. The van der Waals surface area contributed by atoms with Crippen LogP contribution in [-0.2, 0) is 23.0 Å². The zero-order chi connectivity index (χ0) is 30.3. The number of anilines is 1. The van der Waals surface area contributed by atoms with Gasteiger partial charge in [0.25, 0.3) is 0 Å². The first-order valence-corrected chi connectivity index (χ1v) is 13.8. The van der Waals surface area contributed by atoms with Gasteiger partial charge >= 0.3 is 6.09 Å². The number of rotatable bonds is 9. The van der Waals surface area contributed by atoms with Gasteiger partial charge in [-0.1, -0.05) is 65.7 Å². The van der Waals surface area contributed by atoms with Crippen molar-refractivity contribution in [1.29, 1.82) is 0 Å². The van der Waals surface area contributed by atoms with E-state index in [-0.39, 0.29) is 5.91 Å². The first kappa shape index (κ1) is 29.5. The molecule has 0 aliphatic carbocycles. The Morgan fingerprint density at radius 2 is 1.81 bits per heavy atom. The van der Waals surface area contributed by atoms with Crippen LogP contribution in [-0.4, -0.2) is 48.9 Å². The third kappa shape index (κ3) is 7.08. The Kier molecular flexibility index (Phi) is 9.14. The maximum absolute atomic E-state index is 13.3. The molecule has 0 spiro atoms. The van der Waals surface area contributed by atoms with Gasteiger partial charge in [-0.3, -0.25) is 10.1 Å². The van der Waals surface area contributed by atoms with E-state index in [9.17, 15) is 9.59 Å². The molecule has 0 aliphatic heterocycles. The van der Waals surface area contributed by atoms with Gasteiger partial charge < -0.3 is 14.6 Å². The molecule has 2 heterocycles. The van der Waals surface area contributed by atoms with Crippen LogP contribution in [0, 0.1) is 0 Å². The number of halogens is 2. The van der Waals surface area contributed by atoms with Crippen LogP contribution < -0.4 is 10.6 Å². The minimum absolute atomic E-state index is 0.345. The van der Waals surface area contributed by atoms with E-state index in [1.54, 1.807) is 60.2 Å². The number of amides is 2. The summed E-state index contributed by atoms with van der Waals surface area (Å²) in [6, 6.07) is 21.5. The standard InChI is InChI=1S/C30H26Cl2N8O3/c1-39-28(32)27(20-8-12-23(13-9-20)34-30(42)43-2)36-29(39)24(16-19-6-4-3-5-7-19)35-26(41)15-10-21-17-22(31)11-14-25(21)40-18-33-37-38-40/h3-15,17-18,24H,16H2,1-2H3,(H,34,42)(H,35,41)/t24-/m0/s1. The van der Waals surface area contributed by atoms with Gasteiger partial charge in [-0.2, -0.15) is 4.68 Å². The molecule has 5 rings (SSSR count). The first-order valence-electron chi connectivity index (χ1n) is 13.1. The molecule has 0 bridgehead atoms. The number of aromatic nitrogens is 6. The van der Waals surface area contributed by atoms with E-state index in [0.717, 1.165) is 11.1 Å². The molecule has 0 saturated heterocycles. The van der Waals surface area contributed by atoms with Crippen LogP contribution in [0.1, 0.15) is 23.0 Å². The zero-order valence-corrected chi connectivity index (χ0v) is 24.6. The highest BCUT2D eigenvalue weighted by atomic mass is 35.5.